The maximum atomic E-state index is 14.0. The first-order valence-corrected chi connectivity index (χ1v) is 7.73. The highest BCUT2D eigenvalue weighted by Gasteiger charge is 2.09. The standard InChI is InChI=1S/C18H16FN5O2/c1-20-17(26)11-4-2-5-12(8-11)23-18-21-10-15(19)16(24-18)22-13-6-3-7-14(25)9-13/h2-10,25H,1H3,(H,20,26)(H2,21,22,23,24). The molecule has 0 unspecified atom stereocenters. The SMILES string of the molecule is CNC(=O)c1cccc(Nc2ncc(F)c(Nc3cccc(O)c3)n2)c1. The number of hydrogen-bond acceptors (Lipinski definition) is 6. The number of halogens is 1. The first-order chi connectivity index (χ1) is 12.5. The summed E-state index contributed by atoms with van der Waals surface area (Å²) >= 11 is 0. The molecule has 3 rings (SSSR count). The molecule has 0 radical (unpaired) electrons. The predicted octanol–water partition coefficient (Wildman–Crippen LogP) is 3.17. The number of amides is 1. The van der Waals surface area contributed by atoms with E-state index in [0.29, 0.717) is 16.9 Å². The Morgan fingerprint density at radius 2 is 1.81 bits per heavy atom. The highest BCUT2D eigenvalue weighted by Crippen LogP contribution is 2.23. The Labute approximate surface area is 148 Å². The van der Waals surface area contributed by atoms with Gasteiger partial charge >= 0.3 is 0 Å². The van der Waals surface area contributed by atoms with Crippen molar-refractivity contribution >= 4 is 29.0 Å². The van der Waals surface area contributed by atoms with E-state index in [2.05, 4.69) is 25.9 Å². The lowest BCUT2D eigenvalue weighted by molar-refractivity contribution is 0.0963. The van der Waals surface area contributed by atoms with Crippen LogP contribution < -0.4 is 16.0 Å². The highest BCUT2D eigenvalue weighted by molar-refractivity contribution is 5.95. The second-order valence-electron chi connectivity index (χ2n) is 5.35. The lowest BCUT2D eigenvalue weighted by Gasteiger charge is -2.10. The smallest absolute Gasteiger partial charge is 0.251 e. The summed E-state index contributed by atoms with van der Waals surface area (Å²) in [4.78, 5) is 19.7. The van der Waals surface area contributed by atoms with E-state index >= 15 is 0 Å². The number of phenols is 1. The molecule has 3 aromatic rings. The third-order valence-electron chi connectivity index (χ3n) is 3.46. The lowest BCUT2D eigenvalue weighted by atomic mass is 10.2. The van der Waals surface area contributed by atoms with Crippen molar-refractivity contribution in [3.8, 4) is 5.75 Å². The first-order valence-electron chi connectivity index (χ1n) is 7.73. The molecule has 4 N–H and O–H groups in total. The Morgan fingerprint density at radius 1 is 1.08 bits per heavy atom. The Balaban J connectivity index is 1.82. The lowest BCUT2D eigenvalue weighted by Crippen LogP contribution is -2.17. The number of anilines is 4. The number of rotatable bonds is 5. The molecule has 0 aliphatic rings. The number of aromatic nitrogens is 2. The molecule has 0 bridgehead atoms. The summed E-state index contributed by atoms with van der Waals surface area (Å²) in [6.45, 7) is 0. The van der Waals surface area contributed by atoms with Crippen LogP contribution in [-0.2, 0) is 0 Å². The molecule has 0 saturated heterocycles. The van der Waals surface area contributed by atoms with Crippen molar-refractivity contribution in [3.05, 3.63) is 66.1 Å². The predicted molar refractivity (Wildman–Crippen MR) is 96.5 cm³/mol. The van der Waals surface area contributed by atoms with Crippen LogP contribution in [0.25, 0.3) is 0 Å². The minimum absolute atomic E-state index is 0.0458. The van der Waals surface area contributed by atoms with E-state index in [4.69, 9.17) is 0 Å². The van der Waals surface area contributed by atoms with Gasteiger partial charge in [0.05, 0.1) is 6.20 Å². The molecule has 0 aliphatic carbocycles. The van der Waals surface area contributed by atoms with Gasteiger partial charge in [0.15, 0.2) is 11.6 Å². The maximum absolute atomic E-state index is 14.0. The zero-order valence-corrected chi connectivity index (χ0v) is 13.8. The zero-order chi connectivity index (χ0) is 18.5. The van der Waals surface area contributed by atoms with Crippen molar-refractivity contribution in [1.29, 1.82) is 0 Å². The van der Waals surface area contributed by atoms with Crippen LogP contribution in [0.15, 0.2) is 54.7 Å². The van der Waals surface area contributed by atoms with Crippen LogP contribution in [0.2, 0.25) is 0 Å². The molecule has 1 amide bonds. The van der Waals surface area contributed by atoms with Crippen molar-refractivity contribution in [2.24, 2.45) is 0 Å². The summed E-state index contributed by atoms with van der Waals surface area (Å²) in [7, 11) is 1.55. The molecule has 8 heteroatoms. The molecular weight excluding hydrogens is 337 g/mol. The van der Waals surface area contributed by atoms with E-state index in [1.54, 1.807) is 43.4 Å². The van der Waals surface area contributed by atoms with Crippen molar-refractivity contribution < 1.29 is 14.3 Å². The number of nitrogens with zero attached hydrogens (tertiary/aromatic N) is 2. The van der Waals surface area contributed by atoms with E-state index in [0.717, 1.165) is 6.20 Å². The normalized spacial score (nSPS) is 10.2. The summed E-state index contributed by atoms with van der Waals surface area (Å²) in [6, 6.07) is 13.0. The second kappa shape index (κ2) is 7.47. The Morgan fingerprint density at radius 3 is 2.54 bits per heavy atom. The molecule has 26 heavy (non-hydrogen) atoms. The molecule has 0 atom stereocenters. The number of aromatic hydroxyl groups is 1. The summed E-state index contributed by atoms with van der Waals surface area (Å²) in [5, 5.41) is 17.7. The van der Waals surface area contributed by atoms with Gasteiger partial charge in [-0.05, 0) is 30.3 Å². The quantitative estimate of drug-likeness (QED) is 0.562. The number of nitrogens with one attached hydrogen (secondary N) is 3. The minimum atomic E-state index is -0.641. The highest BCUT2D eigenvalue weighted by atomic mass is 19.1. The Kier molecular flexibility index (Phi) is 4.93. The molecule has 1 aromatic heterocycles. The molecule has 0 saturated carbocycles. The summed E-state index contributed by atoms with van der Waals surface area (Å²) < 4.78 is 14.0. The van der Waals surface area contributed by atoms with Gasteiger partial charge in [0.25, 0.3) is 5.91 Å². The van der Waals surface area contributed by atoms with E-state index in [-0.39, 0.29) is 23.4 Å². The van der Waals surface area contributed by atoms with E-state index < -0.39 is 5.82 Å². The number of carbonyl (C=O) groups is 1. The minimum Gasteiger partial charge on any atom is -0.508 e. The second-order valence-corrected chi connectivity index (χ2v) is 5.35. The average Bonchev–Trinajstić information content (AvgIpc) is 2.64. The fourth-order valence-electron chi connectivity index (χ4n) is 2.25. The van der Waals surface area contributed by atoms with Gasteiger partial charge in [0.2, 0.25) is 5.95 Å². The van der Waals surface area contributed by atoms with Gasteiger partial charge in [-0.25, -0.2) is 9.37 Å². The molecule has 0 aliphatic heterocycles. The molecule has 132 valence electrons. The molecular formula is C18H16FN5O2. The van der Waals surface area contributed by atoms with Crippen LogP contribution in [-0.4, -0.2) is 28.0 Å². The molecule has 7 nitrogen and oxygen atoms in total. The topological polar surface area (TPSA) is 99.2 Å². The Hall–Kier alpha value is -3.68. The fourth-order valence-corrected chi connectivity index (χ4v) is 2.25. The third-order valence-corrected chi connectivity index (χ3v) is 3.46. The van der Waals surface area contributed by atoms with Gasteiger partial charge in [0.1, 0.15) is 5.75 Å². The third kappa shape index (κ3) is 4.04. The molecule has 0 fully saturated rings. The number of phenolic OH excluding ortho intramolecular Hbond substituents is 1. The zero-order valence-electron chi connectivity index (χ0n) is 13.8. The fraction of sp³-hybridized carbons (Fsp3) is 0.0556. The van der Waals surface area contributed by atoms with E-state index in [9.17, 15) is 14.3 Å². The van der Waals surface area contributed by atoms with Crippen molar-refractivity contribution in [1.82, 2.24) is 15.3 Å². The van der Waals surface area contributed by atoms with Gasteiger partial charge in [-0.2, -0.15) is 4.98 Å². The van der Waals surface area contributed by atoms with Gasteiger partial charge in [0, 0.05) is 30.1 Å². The van der Waals surface area contributed by atoms with Crippen molar-refractivity contribution in [2.45, 2.75) is 0 Å². The maximum Gasteiger partial charge on any atom is 0.251 e. The summed E-state index contributed by atoms with van der Waals surface area (Å²) in [6.07, 6.45) is 1.03. The van der Waals surface area contributed by atoms with Gasteiger partial charge in [-0.15, -0.1) is 0 Å². The number of hydrogen-bond donors (Lipinski definition) is 4. The largest absolute Gasteiger partial charge is 0.508 e. The first kappa shape index (κ1) is 17.2. The molecule has 2 aromatic carbocycles. The summed E-state index contributed by atoms with van der Waals surface area (Å²) in [5.41, 5.74) is 1.54. The van der Waals surface area contributed by atoms with Crippen LogP contribution >= 0.6 is 0 Å². The van der Waals surface area contributed by atoms with Crippen LogP contribution in [0.4, 0.5) is 27.5 Å². The van der Waals surface area contributed by atoms with E-state index in [1.165, 1.54) is 12.1 Å². The van der Waals surface area contributed by atoms with Crippen molar-refractivity contribution in [3.63, 3.8) is 0 Å². The van der Waals surface area contributed by atoms with Gasteiger partial charge < -0.3 is 21.1 Å². The van der Waals surface area contributed by atoms with Crippen molar-refractivity contribution in [2.75, 3.05) is 17.7 Å². The average molecular weight is 353 g/mol. The van der Waals surface area contributed by atoms with E-state index in [1.807, 2.05) is 0 Å². The number of benzene rings is 2. The number of carbonyl (C=O) groups excluding carboxylic acids is 1. The monoisotopic (exact) mass is 353 g/mol. The molecule has 1 heterocycles. The van der Waals surface area contributed by atoms with Crippen LogP contribution in [0.3, 0.4) is 0 Å². The van der Waals surface area contributed by atoms with Gasteiger partial charge in [-0.3, -0.25) is 4.79 Å². The summed E-state index contributed by atoms with van der Waals surface area (Å²) in [5.74, 6) is -0.703. The van der Waals surface area contributed by atoms with Gasteiger partial charge in [-0.1, -0.05) is 12.1 Å². The van der Waals surface area contributed by atoms with Crippen LogP contribution in [0.1, 0.15) is 10.4 Å². The molecule has 0 spiro atoms. The Bertz CT molecular complexity index is 948. The van der Waals surface area contributed by atoms with Crippen LogP contribution in [0.5, 0.6) is 5.75 Å². The van der Waals surface area contributed by atoms with Crippen LogP contribution in [0, 0.1) is 5.82 Å².